The first-order chi connectivity index (χ1) is 8.90. The second kappa shape index (κ2) is 5.05. The molecule has 0 saturated heterocycles. The molecule has 0 fully saturated rings. The zero-order valence-corrected chi connectivity index (χ0v) is 12.3. The summed E-state index contributed by atoms with van der Waals surface area (Å²) >= 11 is 1.68. The third-order valence-corrected chi connectivity index (χ3v) is 4.20. The van der Waals surface area contributed by atoms with Crippen LogP contribution in [0.4, 0.5) is 5.69 Å². The summed E-state index contributed by atoms with van der Waals surface area (Å²) in [6.45, 7) is 5.80. The Morgan fingerprint density at radius 1 is 1.47 bits per heavy atom. The lowest BCUT2D eigenvalue weighted by atomic mass is 10.2. The van der Waals surface area contributed by atoms with Crippen molar-refractivity contribution in [2.75, 3.05) is 5.73 Å². The molecule has 0 bridgehead atoms. The molecule has 0 aliphatic heterocycles. The first kappa shape index (κ1) is 13.6. The number of thiophene rings is 1. The number of nitrogens with two attached hydrogens (primary N) is 1. The van der Waals surface area contributed by atoms with Gasteiger partial charge in [-0.1, -0.05) is 0 Å². The van der Waals surface area contributed by atoms with Gasteiger partial charge in [0, 0.05) is 16.8 Å². The van der Waals surface area contributed by atoms with E-state index in [1.165, 1.54) is 9.56 Å². The fourth-order valence-electron chi connectivity index (χ4n) is 1.97. The number of hydrogen-bond acceptors (Lipinski definition) is 4. The number of nitrogens with zero attached hydrogens (tertiary/aromatic N) is 2. The molecule has 5 nitrogen and oxygen atoms in total. The van der Waals surface area contributed by atoms with Gasteiger partial charge in [-0.3, -0.25) is 9.48 Å². The van der Waals surface area contributed by atoms with Crippen LogP contribution in [0.3, 0.4) is 0 Å². The summed E-state index contributed by atoms with van der Waals surface area (Å²) < 4.78 is 1.52. The van der Waals surface area contributed by atoms with Crippen molar-refractivity contribution < 1.29 is 4.79 Å². The first-order valence-electron chi connectivity index (χ1n) is 6.06. The van der Waals surface area contributed by atoms with Crippen molar-refractivity contribution in [3.63, 3.8) is 0 Å². The Kier molecular flexibility index (Phi) is 3.61. The van der Waals surface area contributed by atoms with Gasteiger partial charge in [0.25, 0.3) is 5.91 Å². The summed E-state index contributed by atoms with van der Waals surface area (Å²) in [7, 11) is 1.72. The molecular weight excluding hydrogens is 260 g/mol. The molecule has 2 aromatic heterocycles. The number of amides is 1. The minimum absolute atomic E-state index is 0.0409. The number of aromatic nitrogens is 2. The minimum Gasteiger partial charge on any atom is -0.395 e. The smallest absolute Gasteiger partial charge is 0.272 e. The zero-order valence-electron chi connectivity index (χ0n) is 11.5. The summed E-state index contributed by atoms with van der Waals surface area (Å²) in [5, 5.41) is 7.10. The minimum atomic E-state index is -0.195. The van der Waals surface area contributed by atoms with Gasteiger partial charge in [-0.15, -0.1) is 11.3 Å². The van der Waals surface area contributed by atoms with Crippen molar-refractivity contribution in [2.24, 2.45) is 7.05 Å². The molecule has 102 valence electrons. The van der Waals surface area contributed by atoms with Crippen molar-refractivity contribution in [3.8, 4) is 0 Å². The van der Waals surface area contributed by atoms with E-state index in [1.54, 1.807) is 25.3 Å². The third-order valence-electron chi connectivity index (χ3n) is 3.02. The Labute approximate surface area is 116 Å². The Balaban J connectivity index is 2.17. The van der Waals surface area contributed by atoms with Gasteiger partial charge in [-0.25, -0.2) is 0 Å². The maximum absolute atomic E-state index is 12.2. The zero-order chi connectivity index (χ0) is 14.2. The lowest BCUT2D eigenvalue weighted by molar-refractivity contribution is 0.0932. The van der Waals surface area contributed by atoms with Crippen LogP contribution >= 0.6 is 11.3 Å². The van der Waals surface area contributed by atoms with Crippen LogP contribution < -0.4 is 11.1 Å². The first-order valence-corrected chi connectivity index (χ1v) is 6.88. The van der Waals surface area contributed by atoms with Crippen LogP contribution in [0.2, 0.25) is 0 Å². The molecule has 0 saturated carbocycles. The van der Waals surface area contributed by atoms with E-state index in [2.05, 4.69) is 10.4 Å². The van der Waals surface area contributed by atoms with Crippen LogP contribution in [-0.4, -0.2) is 15.7 Å². The van der Waals surface area contributed by atoms with E-state index in [9.17, 15) is 4.79 Å². The fraction of sp³-hybridized carbons (Fsp3) is 0.385. The van der Waals surface area contributed by atoms with Crippen LogP contribution in [-0.2, 0) is 7.05 Å². The molecule has 1 atom stereocenters. The van der Waals surface area contributed by atoms with Gasteiger partial charge in [0.05, 0.1) is 17.4 Å². The van der Waals surface area contributed by atoms with Crippen molar-refractivity contribution in [1.29, 1.82) is 0 Å². The number of anilines is 1. The Morgan fingerprint density at radius 2 is 2.16 bits per heavy atom. The van der Waals surface area contributed by atoms with Gasteiger partial charge in [0.2, 0.25) is 0 Å². The quantitative estimate of drug-likeness (QED) is 0.903. The van der Waals surface area contributed by atoms with Crippen LogP contribution in [0.5, 0.6) is 0 Å². The number of carbonyl (C=O) groups excluding carboxylic acids is 1. The predicted octanol–water partition coefficient (Wildman–Crippen LogP) is 2.17. The molecule has 0 radical (unpaired) electrons. The number of hydrogen-bond donors (Lipinski definition) is 2. The summed E-state index contributed by atoms with van der Waals surface area (Å²) in [6, 6.07) is 4.04. The maximum Gasteiger partial charge on any atom is 0.272 e. The topological polar surface area (TPSA) is 72.9 Å². The number of aryl methyl sites for hydroxylation is 3. The van der Waals surface area contributed by atoms with Crippen molar-refractivity contribution in [2.45, 2.75) is 26.8 Å². The molecule has 2 heterocycles. The van der Waals surface area contributed by atoms with Crippen LogP contribution in [0.1, 0.15) is 38.9 Å². The lowest BCUT2D eigenvalue weighted by Gasteiger charge is -2.12. The molecule has 19 heavy (non-hydrogen) atoms. The molecule has 0 aliphatic carbocycles. The summed E-state index contributed by atoms with van der Waals surface area (Å²) in [4.78, 5) is 14.6. The summed E-state index contributed by atoms with van der Waals surface area (Å²) in [6.07, 6.45) is 0. The molecule has 2 aromatic rings. The SMILES string of the molecule is Cc1ccc(C(C)NC(=O)c2c(N)c(C)nn2C)s1. The lowest BCUT2D eigenvalue weighted by Crippen LogP contribution is -2.28. The van der Waals surface area contributed by atoms with E-state index in [0.717, 1.165) is 4.88 Å². The number of nitrogen functional groups attached to an aromatic ring is 1. The second-order valence-electron chi connectivity index (χ2n) is 4.61. The highest BCUT2D eigenvalue weighted by molar-refractivity contribution is 7.12. The molecule has 1 amide bonds. The average Bonchev–Trinajstić information content (AvgIpc) is 2.84. The monoisotopic (exact) mass is 278 g/mol. The third kappa shape index (κ3) is 2.63. The molecule has 0 aromatic carbocycles. The van der Waals surface area contributed by atoms with Crippen LogP contribution in [0.15, 0.2) is 12.1 Å². The van der Waals surface area contributed by atoms with Crippen molar-refractivity contribution in [3.05, 3.63) is 33.3 Å². The van der Waals surface area contributed by atoms with Crippen molar-refractivity contribution in [1.82, 2.24) is 15.1 Å². The van der Waals surface area contributed by atoms with Crippen LogP contribution in [0.25, 0.3) is 0 Å². The molecule has 0 spiro atoms. The van der Waals surface area contributed by atoms with Gasteiger partial charge in [0.15, 0.2) is 0 Å². The maximum atomic E-state index is 12.2. The van der Waals surface area contributed by atoms with Gasteiger partial charge in [-0.2, -0.15) is 5.10 Å². The standard InChI is InChI=1S/C13H18N4OS/c1-7-5-6-10(19-7)8(2)15-13(18)12-11(14)9(3)16-17(12)4/h5-6,8H,14H2,1-4H3,(H,15,18). The Bertz CT molecular complexity index is 614. The van der Waals surface area contributed by atoms with Gasteiger partial charge < -0.3 is 11.1 Å². The Morgan fingerprint density at radius 3 is 2.63 bits per heavy atom. The number of rotatable bonds is 3. The van der Waals surface area contributed by atoms with E-state index >= 15 is 0 Å². The second-order valence-corrected chi connectivity index (χ2v) is 5.93. The predicted molar refractivity (Wildman–Crippen MR) is 77.3 cm³/mol. The van der Waals surface area contributed by atoms with Crippen LogP contribution in [0, 0.1) is 13.8 Å². The molecule has 2 rings (SSSR count). The number of carbonyl (C=O) groups is 1. The number of nitrogens with one attached hydrogen (secondary N) is 1. The van der Waals surface area contributed by atoms with Gasteiger partial charge in [0.1, 0.15) is 5.69 Å². The van der Waals surface area contributed by atoms with Gasteiger partial charge >= 0.3 is 0 Å². The highest BCUT2D eigenvalue weighted by Crippen LogP contribution is 2.23. The molecular formula is C13H18N4OS. The van der Waals surface area contributed by atoms with Gasteiger partial charge in [-0.05, 0) is 32.9 Å². The molecule has 6 heteroatoms. The average molecular weight is 278 g/mol. The Hall–Kier alpha value is -1.82. The molecule has 0 aliphatic rings. The van der Waals surface area contributed by atoms with Crippen molar-refractivity contribution >= 4 is 22.9 Å². The van der Waals surface area contributed by atoms with E-state index in [-0.39, 0.29) is 11.9 Å². The summed E-state index contributed by atoms with van der Waals surface area (Å²) in [5.41, 5.74) is 7.41. The molecule has 1 unspecified atom stereocenters. The highest BCUT2D eigenvalue weighted by Gasteiger charge is 2.20. The highest BCUT2D eigenvalue weighted by atomic mass is 32.1. The normalized spacial score (nSPS) is 12.4. The van der Waals surface area contributed by atoms with E-state index < -0.39 is 0 Å². The fourth-order valence-corrected chi connectivity index (χ4v) is 2.85. The van der Waals surface area contributed by atoms with E-state index in [4.69, 9.17) is 5.73 Å². The largest absolute Gasteiger partial charge is 0.395 e. The van der Waals surface area contributed by atoms with E-state index in [0.29, 0.717) is 17.1 Å². The summed E-state index contributed by atoms with van der Waals surface area (Å²) in [5.74, 6) is -0.195. The van der Waals surface area contributed by atoms with E-state index in [1.807, 2.05) is 26.0 Å². The molecule has 3 N–H and O–H groups in total.